The first-order valence-electron chi connectivity index (χ1n) is 15.3. The number of hydrogen-bond donors (Lipinski definition) is 1. The Morgan fingerprint density at radius 2 is 1.83 bits per heavy atom. The molecule has 2 aliphatic carbocycles. The van der Waals surface area contributed by atoms with E-state index in [1.165, 1.54) is 62.8 Å². The van der Waals surface area contributed by atoms with Gasteiger partial charge in [-0.1, -0.05) is 13.8 Å². The topological polar surface area (TPSA) is 62.6 Å². The van der Waals surface area contributed by atoms with E-state index in [0.717, 1.165) is 50.5 Å². The number of ether oxygens (including phenoxy) is 1. The predicted octanol–water partition coefficient (Wildman–Crippen LogP) is 7.39. The minimum Gasteiger partial charge on any atom is -0.451 e. The third-order valence-electron chi connectivity index (χ3n) is 9.87. The van der Waals surface area contributed by atoms with Crippen molar-refractivity contribution in [3.63, 3.8) is 0 Å². The van der Waals surface area contributed by atoms with Crippen LogP contribution in [-0.4, -0.2) is 51.5 Å². The number of anilines is 1. The van der Waals surface area contributed by atoms with Gasteiger partial charge in [-0.2, -0.15) is 0 Å². The Balaban J connectivity index is 1.14. The van der Waals surface area contributed by atoms with Gasteiger partial charge in [0, 0.05) is 30.8 Å². The maximum atomic E-state index is 15.2. The number of benzene rings is 2. The van der Waals surface area contributed by atoms with E-state index in [0.29, 0.717) is 16.3 Å². The molecule has 2 aromatic carbocycles. The monoisotopic (exact) mass is 597 g/mol. The van der Waals surface area contributed by atoms with Gasteiger partial charge in [0.15, 0.2) is 11.6 Å². The van der Waals surface area contributed by atoms with Crippen molar-refractivity contribution in [1.29, 1.82) is 0 Å². The van der Waals surface area contributed by atoms with Crippen LogP contribution >= 0.6 is 12.1 Å². The van der Waals surface area contributed by atoms with Gasteiger partial charge in [-0.3, -0.25) is 9.36 Å². The summed E-state index contributed by atoms with van der Waals surface area (Å²) < 4.78 is 42.0. The number of nitrogens with one attached hydrogen (secondary N) is 1. The zero-order valence-electron chi connectivity index (χ0n) is 24.7. The van der Waals surface area contributed by atoms with Gasteiger partial charge in [0.25, 0.3) is 5.56 Å². The quantitative estimate of drug-likeness (QED) is 0.272. The Kier molecular flexibility index (Phi) is 8.49. The van der Waals surface area contributed by atoms with Crippen LogP contribution in [0.3, 0.4) is 0 Å². The van der Waals surface area contributed by atoms with Gasteiger partial charge < -0.3 is 14.4 Å². The second kappa shape index (κ2) is 12.1. The van der Waals surface area contributed by atoms with Crippen molar-refractivity contribution in [2.75, 3.05) is 31.4 Å². The van der Waals surface area contributed by atoms with E-state index in [4.69, 9.17) is 4.74 Å². The lowest BCUT2D eigenvalue weighted by Crippen LogP contribution is -2.51. The highest BCUT2D eigenvalue weighted by atomic mass is 32.2. The number of hydrogen-bond acceptors (Lipinski definition) is 7. The number of fused-ring (bicyclic) bond motifs is 1. The van der Waals surface area contributed by atoms with Crippen LogP contribution in [0, 0.1) is 23.0 Å². The lowest BCUT2D eigenvalue weighted by atomic mass is 9.60. The molecule has 2 heterocycles. The SMILES string of the molecule is CCN(C)SNc1ccc(F)c(Oc2ccc3ncn(C4CC5(CCN(C6CCC(C)CC6)CC5)C4)c(=O)c3c2)c1F. The van der Waals surface area contributed by atoms with E-state index in [9.17, 15) is 9.18 Å². The highest BCUT2D eigenvalue weighted by Crippen LogP contribution is 2.54. The van der Waals surface area contributed by atoms with Crippen molar-refractivity contribution >= 4 is 28.7 Å². The fourth-order valence-corrected chi connectivity index (χ4v) is 7.51. The van der Waals surface area contributed by atoms with Gasteiger partial charge in [0.1, 0.15) is 5.75 Å². The molecular weight excluding hydrogens is 556 g/mol. The van der Waals surface area contributed by atoms with Crippen molar-refractivity contribution in [3.05, 3.63) is 58.6 Å². The van der Waals surface area contributed by atoms with Crippen LogP contribution in [-0.2, 0) is 0 Å². The van der Waals surface area contributed by atoms with Crippen LogP contribution in [0.25, 0.3) is 10.9 Å². The molecule has 2 saturated carbocycles. The summed E-state index contributed by atoms with van der Waals surface area (Å²) in [6, 6.07) is 8.15. The molecule has 0 unspecified atom stereocenters. The summed E-state index contributed by atoms with van der Waals surface area (Å²) in [6.07, 6.45) is 11.4. The van der Waals surface area contributed by atoms with Gasteiger partial charge in [-0.15, -0.1) is 0 Å². The lowest BCUT2D eigenvalue weighted by Gasteiger charge is -2.54. The van der Waals surface area contributed by atoms with Gasteiger partial charge >= 0.3 is 0 Å². The Hall–Kier alpha value is -2.69. The molecular formula is C32H41F2N5O2S. The lowest BCUT2D eigenvalue weighted by molar-refractivity contribution is -0.0255. The maximum absolute atomic E-state index is 15.2. The van der Waals surface area contributed by atoms with Crippen molar-refractivity contribution in [2.24, 2.45) is 11.3 Å². The summed E-state index contributed by atoms with van der Waals surface area (Å²) in [5.74, 6) is -1.12. The molecule has 1 saturated heterocycles. The summed E-state index contributed by atoms with van der Waals surface area (Å²) in [6.45, 7) is 7.41. The van der Waals surface area contributed by atoms with E-state index >= 15 is 4.39 Å². The smallest absolute Gasteiger partial charge is 0.261 e. The molecule has 6 rings (SSSR count). The van der Waals surface area contributed by atoms with E-state index in [2.05, 4.69) is 21.5 Å². The molecule has 0 bridgehead atoms. The average Bonchev–Trinajstić information content (AvgIpc) is 2.98. The molecule has 42 heavy (non-hydrogen) atoms. The predicted molar refractivity (Wildman–Crippen MR) is 165 cm³/mol. The molecule has 3 aliphatic rings. The van der Waals surface area contributed by atoms with Crippen molar-refractivity contribution in [1.82, 2.24) is 18.8 Å². The Morgan fingerprint density at radius 3 is 2.55 bits per heavy atom. The Labute approximate surface area is 250 Å². The molecule has 10 heteroatoms. The molecule has 1 N–H and O–H groups in total. The van der Waals surface area contributed by atoms with E-state index < -0.39 is 17.4 Å². The molecule has 0 amide bonds. The van der Waals surface area contributed by atoms with E-state index in [1.807, 2.05) is 18.3 Å². The van der Waals surface area contributed by atoms with Gasteiger partial charge in [0.05, 0.1) is 22.9 Å². The summed E-state index contributed by atoms with van der Waals surface area (Å²) in [4.78, 5) is 20.8. The fourth-order valence-electron chi connectivity index (χ4n) is 6.97. The fraction of sp³-hybridized carbons (Fsp3) is 0.562. The summed E-state index contributed by atoms with van der Waals surface area (Å²) in [5, 5.41) is 0.382. The number of halogens is 2. The number of piperidine rings is 1. The van der Waals surface area contributed by atoms with Crippen molar-refractivity contribution in [3.8, 4) is 11.5 Å². The second-order valence-electron chi connectivity index (χ2n) is 12.6. The summed E-state index contributed by atoms with van der Waals surface area (Å²) >= 11 is 1.21. The second-order valence-corrected chi connectivity index (χ2v) is 13.6. The molecule has 226 valence electrons. The molecule has 1 aromatic heterocycles. The minimum atomic E-state index is -0.834. The van der Waals surface area contributed by atoms with Crippen LogP contribution < -0.4 is 15.0 Å². The first-order chi connectivity index (χ1) is 20.2. The van der Waals surface area contributed by atoms with Gasteiger partial charge in [-0.05, 0) is 113 Å². The third kappa shape index (κ3) is 5.90. The average molecular weight is 598 g/mol. The molecule has 0 atom stereocenters. The molecule has 0 radical (unpaired) electrons. The van der Waals surface area contributed by atoms with Crippen LogP contribution in [0.5, 0.6) is 11.5 Å². The van der Waals surface area contributed by atoms with E-state index in [1.54, 1.807) is 23.0 Å². The largest absolute Gasteiger partial charge is 0.451 e. The molecule has 1 aliphatic heterocycles. The normalized spacial score (nSPS) is 22.9. The van der Waals surface area contributed by atoms with Crippen LogP contribution in [0.15, 0.2) is 41.5 Å². The molecule has 3 fully saturated rings. The summed E-state index contributed by atoms with van der Waals surface area (Å²) in [7, 11) is 1.86. The first kappa shape index (κ1) is 29.4. The standard InChI is InChI=1S/C32H41F2N5O2S/c1-4-37(3)42-36-28-12-10-26(33)30(29(28)34)41-24-9-11-27-25(17-24)31(40)39(20-35-27)23-18-32(19-23)13-15-38(16-14-32)22-7-5-21(2)6-8-22/h9-12,17,20-23,36H,4-8,13-16,18-19H2,1-3H3. The highest BCUT2D eigenvalue weighted by molar-refractivity contribution is 7.98. The number of rotatable bonds is 8. The summed E-state index contributed by atoms with van der Waals surface area (Å²) in [5.41, 5.74) is 0.818. The molecule has 7 nitrogen and oxygen atoms in total. The van der Waals surface area contributed by atoms with Crippen LogP contribution in [0.1, 0.15) is 71.3 Å². The van der Waals surface area contributed by atoms with Crippen molar-refractivity contribution in [2.45, 2.75) is 77.3 Å². The van der Waals surface area contributed by atoms with Crippen LogP contribution in [0.4, 0.5) is 14.5 Å². The minimum absolute atomic E-state index is 0.111. The first-order valence-corrected chi connectivity index (χ1v) is 16.1. The number of likely N-dealkylation sites (tertiary alicyclic amines) is 1. The third-order valence-corrected chi connectivity index (χ3v) is 10.8. The maximum Gasteiger partial charge on any atom is 0.261 e. The van der Waals surface area contributed by atoms with Crippen molar-refractivity contribution < 1.29 is 13.5 Å². The van der Waals surface area contributed by atoms with E-state index in [-0.39, 0.29) is 23.0 Å². The van der Waals surface area contributed by atoms with Gasteiger partial charge in [-0.25, -0.2) is 18.1 Å². The number of nitrogens with zero attached hydrogens (tertiary/aromatic N) is 4. The molecule has 3 aromatic rings. The zero-order valence-corrected chi connectivity index (χ0v) is 25.6. The Morgan fingerprint density at radius 1 is 1.10 bits per heavy atom. The van der Waals surface area contributed by atoms with Gasteiger partial charge in [0.2, 0.25) is 5.75 Å². The zero-order chi connectivity index (χ0) is 29.4. The molecule has 1 spiro atoms. The number of aromatic nitrogens is 2. The highest BCUT2D eigenvalue weighted by Gasteiger charge is 2.47. The van der Waals surface area contributed by atoms with Crippen LogP contribution in [0.2, 0.25) is 0 Å². The Bertz CT molecular complexity index is 1480.